The predicted octanol–water partition coefficient (Wildman–Crippen LogP) is -2.56. The number of carboxylic acid groups (broad SMARTS) is 3. The minimum absolute atomic E-state index is 0.165. The number of likely N-dealkylation sites (tertiary alicyclic amines) is 1. The molecule has 1 fully saturated rings. The highest BCUT2D eigenvalue weighted by atomic mass is 16.4. The van der Waals surface area contributed by atoms with E-state index in [-0.39, 0.29) is 19.4 Å². The van der Waals surface area contributed by atoms with Crippen molar-refractivity contribution in [2.45, 2.75) is 69.1 Å². The molecule has 1 saturated heterocycles. The molecule has 1 aliphatic rings. The van der Waals surface area contributed by atoms with Gasteiger partial charge in [0.2, 0.25) is 17.7 Å². The van der Waals surface area contributed by atoms with Crippen molar-refractivity contribution in [3.8, 4) is 0 Å². The maximum absolute atomic E-state index is 13.2. The second kappa shape index (κ2) is 13.3. The van der Waals surface area contributed by atoms with Crippen LogP contribution in [0.25, 0.3) is 0 Å². The molecule has 0 bridgehead atoms. The number of hydrogen-bond acceptors (Lipinski definition) is 8. The Balaban J connectivity index is 2.95. The number of rotatable bonds is 14. The Morgan fingerprint density at radius 1 is 0.939 bits per heavy atom. The van der Waals surface area contributed by atoms with Gasteiger partial charge in [-0.15, -0.1) is 0 Å². The highest BCUT2D eigenvalue weighted by Crippen LogP contribution is 2.20. The first-order valence-electron chi connectivity index (χ1n) is 10.5. The summed E-state index contributed by atoms with van der Waals surface area (Å²) in [5.74, 6) is -6.48. The van der Waals surface area contributed by atoms with Crippen molar-refractivity contribution in [2.24, 2.45) is 11.5 Å². The fourth-order valence-corrected chi connectivity index (χ4v) is 3.46. The third-order valence-electron chi connectivity index (χ3n) is 5.12. The van der Waals surface area contributed by atoms with Crippen LogP contribution in [0.15, 0.2) is 0 Å². The van der Waals surface area contributed by atoms with Crippen LogP contribution in [0.4, 0.5) is 0 Å². The molecule has 33 heavy (non-hydrogen) atoms. The molecule has 0 saturated carbocycles. The van der Waals surface area contributed by atoms with E-state index in [9.17, 15) is 28.8 Å². The Bertz CT molecular complexity index is 760. The molecule has 9 N–H and O–H groups in total. The lowest BCUT2D eigenvalue weighted by molar-refractivity contribution is -0.148. The molecule has 14 heteroatoms. The molecule has 0 aromatic heterocycles. The summed E-state index contributed by atoms with van der Waals surface area (Å²) in [5, 5.41) is 31.4. The van der Waals surface area contributed by atoms with E-state index in [1.807, 2.05) is 0 Å². The molecule has 0 spiro atoms. The van der Waals surface area contributed by atoms with Crippen molar-refractivity contribution in [1.82, 2.24) is 15.5 Å². The summed E-state index contributed by atoms with van der Waals surface area (Å²) in [6, 6.07) is -5.18. The summed E-state index contributed by atoms with van der Waals surface area (Å²) in [6.45, 7) is 0.514. The molecule has 0 radical (unpaired) electrons. The monoisotopic (exact) mass is 473 g/mol. The largest absolute Gasteiger partial charge is 0.481 e. The summed E-state index contributed by atoms with van der Waals surface area (Å²) in [6.07, 6.45) is 0.377. The second-order valence-corrected chi connectivity index (χ2v) is 7.74. The zero-order valence-electron chi connectivity index (χ0n) is 18.1. The van der Waals surface area contributed by atoms with E-state index < -0.39 is 72.6 Å². The van der Waals surface area contributed by atoms with Crippen molar-refractivity contribution in [1.29, 1.82) is 0 Å². The first kappa shape index (κ1) is 27.8. The van der Waals surface area contributed by atoms with Gasteiger partial charge in [-0.3, -0.25) is 24.0 Å². The molecular formula is C19H31N5O9. The standard InChI is InChI=1S/C19H31N5O9/c20-6-2-1-4-11(22-16(29)10(21)8-14(25)26)18(31)24-7-3-5-13(24)17(30)23-12(19(32)33)9-15(27)28/h10-13H,1-9,20-21H2,(H,22,29)(H,23,30)(H,25,26)(H,27,28)(H,32,33)/t10-,11-,12-,13-/m0/s1. The van der Waals surface area contributed by atoms with E-state index in [0.717, 1.165) is 0 Å². The van der Waals surface area contributed by atoms with Gasteiger partial charge in [0.1, 0.15) is 18.1 Å². The average molecular weight is 473 g/mol. The van der Waals surface area contributed by atoms with Crippen molar-refractivity contribution in [3.63, 3.8) is 0 Å². The lowest BCUT2D eigenvalue weighted by atomic mass is 10.1. The third-order valence-corrected chi connectivity index (χ3v) is 5.12. The van der Waals surface area contributed by atoms with Gasteiger partial charge < -0.3 is 42.3 Å². The number of aliphatic carboxylic acids is 3. The van der Waals surface area contributed by atoms with Gasteiger partial charge in [0.25, 0.3) is 0 Å². The SMILES string of the molecule is NCCCC[C@H](NC(=O)[C@@H](N)CC(=O)O)C(=O)N1CCC[C@H]1C(=O)N[C@@H](CC(=O)O)C(=O)O. The molecule has 3 amide bonds. The normalized spacial score (nSPS) is 18.1. The van der Waals surface area contributed by atoms with Crippen LogP contribution in [0, 0.1) is 0 Å². The molecule has 14 nitrogen and oxygen atoms in total. The number of unbranched alkanes of at least 4 members (excludes halogenated alkanes) is 1. The van der Waals surface area contributed by atoms with Crippen LogP contribution in [-0.4, -0.2) is 93.1 Å². The summed E-state index contributed by atoms with van der Waals surface area (Å²) in [7, 11) is 0. The van der Waals surface area contributed by atoms with Crippen LogP contribution >= 0.6 is 0 Å². The van der Waals surface area contributed by atoms with Gasteiger partial charge in [0.05, 0.1) is 18.9 Å². The molecule has 1 rings (SSSR count). The zero-order chi connectivity index (χ0) is 25.1. The van der Waals surface area contributed by atoms with Gasteiger partial charge >= 0.3 is 17.9 Å². The maximum atomic E-state index is 13.2. The van der Waals surface area contributed by atoms with E-state index in [2.05, 4.69) is 10.6 Å². The highest BCUT2D eigenvalue weighted by Gasteiger charge is 2.39. The molecule has 0 aromatic rings. The van der Waals surface area contributed by atoms with E-state index in [1.165, 1.54) is 4.90 Å². The minimum Gasteiger partial charge on any atom is -0.481 e. The third kappa shape index (κ3) is 9.02. The number of carbonyl (C=O) groups is 6. The number of nitrogens with zero attached hydrogens (tertiary/aromatic N) is 1. The summed E-state index contributed by atoms with van der Waals surface area (Å²) in [4.78, 5) is 72.2. The smallest absolute Gasteiger partial charge is 0.326 e. The lowest BCUT2D eigenvalue weighted by Gasteiger charge is -2.30. The Kier molecular flexibility index (Phi) is 11.2. The first-order valence-corrected chi connectivity index (χ1v) is 10.5. The molecule has 1 aliphatic heterocycles. The number of carbonyl (C=O) groups excluding carboxylic acids is 3. The number of nitrogens with one attached hydrogen (secondary N) is 2. The van der Waals surface area contributed by atoms with Gasteiger partial charge in [-0.2, -0.15) is 0 Å². The number of amides is 3. The minimum atomic E-state index is -1.67. The van der Waals surface area contributed by atoms with E-state index in [1.54, 1.807) is 0 Å². The van der Waals surface area contributed by atoms with Crippen molar-refractivity contribution >= 4 is 35.6 Å². The van der Waals surface area contributed by atoms with Crippen LogP contribution in [0.1, 0.15) is 44.9 Å². The van der Waals surface area contributed by atoms with Crippen molar-refractivity contribution < 1.29 is 44.1 Å². The maximum Gasteiger partial charge on any atom is 0.326 e. The number of hydrogen-bond donors (Lipinski definition) is 7. The second-order valence-electron chi connectivity index (χ2n) is 7.74. The Labute approximate surface area is 189 Å². The van der Waals surface area contributed by atoms with E-state index in [4.69, 9.17) is 26.8 Å². The van der Waals surface area contributed by atoms with Crippen molar-refractivity contribution in [2.75, 3.05) is 13.1 Å². The molecule has 0 aliphatic carbocycles. The topological polar surface area (TPSA) is 242 Å². The number of nitrogens with two attached hydrogens (primary N) is 2. The average Bonchev–Trinajstić information content (AvgIpc) is 3.21. The van der Waals surface area contributed by atoms with Crippen LogP contribution in [-0.2, 0) is 28.8 Å². The zero-order valence-corrected chi connectivity index (χ0v) is 18.1. The molecule has 1 heterocycles. The predicted molar refractivity (Wildman–Crippen MR) is 112 cm³/mol. The lowest BCUT2D eigenvalue weighted by Crippen LogP contribution is -2.57. The summed E-state index contributed by atoms with van der Waals surface area (Å²) in [5.41, 5.74) is 11.0. The summed E-state index contributed by atoms with van der Waals surface area (Å²) < 4.78 is 0. The first-order chi connectivity index (χ1) is 15.5. The molecule has 0 aromatic carbocycles. The van der Waals surface area contributed by atoms with Gasteiger partial charge in [-0.1, -0.05) is 0 Å². The Hall–Kier alpha value is -3.26. The van der Waals surface area contributed by atoms with Crippen LogP contribution in [0.2, 0.25) is 0 Å². The van der Waals surface area contributed by atoms with Crippen molar-refractivity contribution in [3.05, 3.63) is 0 Å². The van der Waals surface area contributed by atoms with E-state index in [0.29, 0.717) is 25.8 Å². The van der Waals surface area contributed by atoms with Crippen LogP contribution < -0.4 is 22.1 Å². The quantitative estimate of drug-likeness (QED) is 0.129. The Morgan fingerprint density at radius 2 is 1.58 bits per heavy atom. The highest BCUT2D eigenvalue weighted by molar-refractivity contribution is 5.95. The summed E-state index contributed by atoms with van der Waals surface area (Å²) >= 11 is 0. The fourth-order valence-electron chi connectivity index (χ4n) is 3.46. The molecule has 0 unspecified atom stereocenters. The molecule has 4 atom stereocenters. The van der Waals surface area contributed by atoms with Crippen LogP contribution in [0.5, 0.6) is 0 Å². The van der Waals surface area contributed by atoms with Gasteiger partial charge in [-0.25, -0.2) is 4.79 Å². The molecule has 186 valence electrons. The van der Waals surface area contributed by atoms with Gasteiger partial charge in [0, 0.05) is 6.54 Å². The number of carboxylic acids is 3. The Morgan fingerprint density at radius 3 is 2.12 bits per heavy atom. The fraction of sp³-hybridized carbons (Fsp3) is 0.684. The molecular weight excluding hydrogens is 442 g/mol. The van der Waals surface area contributed by atoms with Crippen LogP contribution in [0.3, 0.4) is 0 Å². The van der Waals surface area contributed by atoms with Gasteiger partial charge in [0.15, 0.2) is 0 Å². The van der Waals surface area contributed by atoms with Gasteiger partial charge in [-0.05, 0) is 38.6 Å². The van der Waals surface area contributed by atoms with E-state index >= 15 is 0 Å².